The van der Waals surface area contributed by atoms with Crippen molar-refractivity contribution in [3.63, 3.8) is 0 Å². The number of anilines is 2. The fourth-order valence-electron chi connectivity index (χ4n) is 3.63. The van der Waals surface area contributed by atoms with Crippen LogP contribution in [0, 0.1) is 10.1 Å². The van der Waals surface area contributed by atoms with E-state index in [-0.39, 0.29) is 29.5 Å². The Bertz CT molecular complexity index is 1520. The number of nitrogens with one attached hydrogen (secondary N) is 2. The van der Waals surface area contributed by atoms with Crippen LogP contribution in [0.1, 0.15) is 27.6 Å². The summed E-state index contributed by atoms with van der Waals surface area (Å²) in [5, 5.41) is 18.8. The second-order valence-corrected chi connectivity index (χ2v) is 9.99. The summed E-state index contributed by atoms with van der Waals surface area (Å²) in [5.74, 6) is -1.24. The van der Waals surface area contributed by atoms with Crippen molar-refractivity contribution >= 4 is 57.3 Å². The molecule has 0 atom stereocenters. The van der Waals surface area contributed by atoms with Gasteiger partial charge in [0, 0.05) is 39.2 Å². The molecule has 1 heterocycles. The number of nitro groups is 1. The van der Waals surface area contributed by atoms with Crippen molar-refractivity contribution in [3.8, 4) is 11.1 Å². The molecule has 198 valence electrons. The lowest BCUT2D eigenvalue weighted by Gasteiger charge is -2.10. The number of carbonyl (C=O) groups is 3. The van der Waals surface area contributed by atoms with Gasteiger partial charge in [-0.25, -0.2) is 4.79 Å². The minimum atomic E-state index is -0.562. The third-order valence-corrected chi connectivity index (χ3v) is 7.28. The smallest absolute Gasteiger partial charge is 0.341 e. The summed E-state index contributed by atoms with van der Waals surface area (Å²) >= 11 is 2.51. The molecule has 2 N–H and O–H groups in total. The van der Waals surface area contributed by atoms with E-state index in [9.17, 15) is 24.5 Å². The largest absolute Gasteiger partial charge is 0.462 e. The quantitative estimate of drug-likeness (QED) is 0.0981. The van der Waals surface area contributed by atoms with Crippen LogP contribution in [0.25, 0.3) is 11.1 Å². The molecule has 0 spiro atoms. The number of carbonyl (C=O) groups excluding carboxylic acids is 3. The Morgan fingerprint density at radius 3 is 2.49 bits per heavy atom. The number of hydrogen-bond acceptors (Lipinski definition) is 8. The molecule has 39 heavy (non-hydrogen) atoms. The van der Waals surface area contributed by atoms with E-state index in [0.29, 0.717) is 21.8 Å². The third-order valence-electron chi connectivity index (χ3n) is 5.39. The van der Waals surface area contributed by atoms with Crippen LogP contribution in [0.15, 0.2) is 89.1 Å². The fourth-order valence-corrected chi connectivity index (χ4v) is 5.35. The second-order valence-electron chi connectivity index (χ2n) is 8.07. The minimum Gasteiger partial charge on any atom is -0.462 e. The van der Waals surface area contributed by atoms with Crippen molar-refractivity contribution in [1.29, 1.82) is 0 Å². The van der Waals surface area contributed by atoms with Gasteiger partial charge in [-0.15, -0.1) is 23.1 Å². The summed E-state index contributed by atoms with van der Waals surface area (Å²) < 4.78 is 5.24. The predicted octanol–water partition coefficient (Wildman–Crippen LogP) is 6.48. The van der Waals surface area contributed by atoms with E-state index in [1.54, 1.807) is 31.2 Å². The topological polar surface area (TPSA) is 128 Å². The first kappa shape index (κ1) is 27.6. The number of ether oxygens (including phenoxy) is 1. The lowest BCUT2D eigenvalue weighted by Crippen LogP contribution is -2.16. The number of hydrogen-bond donors (Lipinski definition) is 2. The number of thioether (sulfide) groups is 1. The average molecular weight is 562 g/mol. The Hall–Kier alpha value is -4.48. The van der Waals surface area contributed by atoms with Gasteiger partial charge in [-0.1, -0.05) is 42.5 Å². The highest BCUT2D eigenvalue weighted by Crippen LogP contribution is 2.36. The molecule has 0 fully saturated rings. The highest BCUT2D eigenvalue weighted by Gasteiger charge is 2.23. The Kier molecular flexibility index (Phi) is 9.08. The average Bonchev–Trinajstić information content (AvgIpc) is 3.36. The molecule has 0 aliphatic rings. The van der Waals surface area contributed by atoms with Crippen LogP contribution in [0.5, 0.6) is 0 Å². The van der Waals surface area contributed by atoms with Crippen LogP contribution < -0.4 is 10.6 Å². The van der Waals surface area contributed by atoms with Gasteiger partial charge in [0.05, 0.1) is 17.3 Å². The molecule has 0 aliphatic heterocycles. The van der Waals surface area contributed by atoms with Crippen LogP contribution in [-0.2, 0) is 9.53 Å². The molecule has 0 saturated carbocycles. The molecule has 9 nitrogen and oxygen atoms in total. The van der Waals surface area contributed by atoms with Crippen molar-refractivity contribution in [2.75, 3.05) is 23.0 Å². The van der Waals surface area contributed by atoms with Gasteiger partial charge in [-0.2, -0.15) is 0 Å². The highest BCUT2D eigenvalue weighted by molar-refractivity contribution is 8.00. The predicted molar refractivity (Wildman–Crippen MR) is 153 cm³/mol. The summed E-state index contributed by atoms with van der Waals surface area (Å²) in [6, 6.07) is 21.8. The molecule has 4 aromatic rings. The van der Waals surface area contributed by atoms with Gasteiger partial charge in [0.2, 0.25) is 5.91 Å². The number of nitro benzene ring substituents is 1. The van der Waals surface area contributed by atoms with Gasteiger partial charge in [-0.05, 0) is 36.8 Å². The number of thiophene rings is 1. The van der Waals surface area contributed by atoms with E-state index < -0.39 is 16.8 Å². The summed E-state index contributed by atoms with van der Waals surface area (Å²) in [4.78, 5) is 49.2. The molecule has 0 saturated heterocycles. The maximum atomic E-state index is 12.8. The number of nitrogens with zero attached hydrogens (tertiary/aromatic N) is 1. The first-order valence-corrected chi connectivity index (χ1v) is 13.6. The molecule has 4 rings (SSSR count). The highest BCUT2D eigenvalue weighted by atomic mass is 32.2. The van der Waals surface area contributed by atoms with Crippen LogP contribution in [0.2, 0.25) is 0 Å². The van der Waals surface area contributed by atoms with Gasteiger partial charge in [-0.3, -0.25) is 19.7 Å². The maximum Gasteiger partial charge on any atom is 0.341 e. The molecule has 0 bridgehead atoms. The van der Waals surface area contributed by atoms with E-state index in [1.807, 2.05) is 35.7 Å². The SMILES string of the molecule is CCOC(=O)c1c(-c2ccccc2)csc1NC(=O)CSc1cccc(NC(=O)c2cccc([N+](=O)[O-])c2)c1. The van der Waals surface area contributed by atoms with Gasteiger partial charge in [0.15, 0.2) is 0 Å². The molecule has 0 aliphatic carbocycles. The van der Waals surface area contributed by atoms with Crippen molar-refractivity contribution in [3.05, 3.63) is 105 Å². The molecule has 2 amide bonds. The van der Waals surface area contributed by atoms with E-state index in [1.165, 1.54) is 47.4 Å². The zero-order valence-electron chi connectivity index (χ0n) is 20.7. The molecule has 0 radical (unpaired) electrons. The molecular weight excluding hydrogens is 538 g/mol. The van der Waals surface area contributed by atoms with Crippen LogP contribution in [0.3, 0.4) is 0 Å². The lowest BCUT2D eigenvalue weighted by molar-refractivity contribution is -0.384. The number of benzene rings is 3. The van der Waals surface area contributed by atoms with E-state index >= 15 is 0 Å². The van der Waals surface area contributed by atoms with E-state index in [2.05, 4.69) is 10.6 Å². The first-order chi connectivity index (χ1) is 18.9. The number of amides is 2. The lowest BCUT2D eigenvalue weighted by atomic mass is 10.0. The molecule has 11 heteroatoms. The zero-order valence-corrected chi connectivity index (χ0v) is 22.3. The first-order valence-electron chi connectivity index (χ1n) is 11.8. The Labute approximate surface area is 232 Å². The van der Waals surface area contributed by atoms with E-state index in [0.717, 1.165) is 10.5 Å². The van der Waals surface area contributed by atoms with Crippen LogP contribution >= 0.6 is 23.1 Å². The van der Waals surface area contributed by atoms with Crippen LogP contribution in [0.4, 0.5) is 16.4 Å². The van der Waals surface area contributed by atoms with Crippen molar-refractivity contribution in [2.45, 2.75) is 11.8 Å². The fraction of sp³-hybridized carbons (Fsp3) is 0.107. The van der Waals surface area contributed by atoms with Gasteiger partial charge in [0.25, 0.3) is 11.6 Å². The third kappa shape index (κ3) is 7.09. The van der Waals surface area contributed by atoms with Crippen molar-refractivity contribution in [1.82, 2.24) is 0 Å². The number of rotatable bonds is 10. The van der Waals surface area contributed by atoms with Gasteiger partial charge in [0.1, 0.15) is 10.6 Å². The number of esters is 1. The summed E-state index contributed by atoms with van der Waals surface area (Å²) in [6.07, 6.45) is 0. The number of non-ortho nitro benzene ring substituents is 1. The molecule has 3 aromatic carbocycles. The van der Waals surface area contributed by atoms with Gasteiger partial charge >= 0.3 is 5.97 Å². The molecule has 0 unspecified atom stereocenters. The minimum absolute atomic E-state index is 0.0586. The Balaban J connectivity index is 1.41. The zero-order chi connectivity index (χ0) is 27.8. The van der Waals surface area contributed by atoms with E-state index in [4.69, 9.17) is 4.74 Å². The summed E-state index contributed by atoms with van der Waals surface area (Å²) in [6.45, 7) is 1.93. The second kappa shape index (κ2) is 12.9. The Morgan fingerprint density at radius 2 is 1.74 bits per heavy atom. The molecular formula is C28H23N3O6S2. The maximum absolute atomic E-state index is 12.8. The monoisotopic (exact) mass is 561 g/mol. The summed E-state index contributed by atoms with van der Waals surface area (Å²) in [5.41, 5.74) is 2.31. The molecule has 1 aromatic heterocycles. The Morgan fingerprint density at radius 1 is 0.974 bits per heavy atom. The van der Waals surface area contributed by atoms with Gasteiger partial charge < -0.3 is 15.4 Å². The van der Waals surface area contributed by atoms with Crippen LogP contribution in [-0.4, -0.2) is 35.1 Å². The van der Waals surface area contributed by atoms with Crippen molar-refractivity contribution < 1.29 is 24.0 Å². The normalized spacial score (nSPS) is 10.5. The standard InChI is InChI=1S/C28H23N3O6S2/c1-2-37-28(34)25-23(18-8-4-3-5-9-18)16-39-27(25)30-24(32)17-38-22-13-7-11-20(15-22)29-26(33)19-10-6-12-21(14-19)31(35)36/h3-16H,2,17H2,1H3,(H,29,33)(H,30,32). The van der Waals surface area contributed by atoms with Crippen molar-refractivity contribution in [2.24, 2.45) is 0 Å². The summed E-state index contributed by atoms with van der Waals surface area (Å²) in [7, 11) is 0.